The minimum atomic E-state index is -1.43. The van der Waals surface area contributed by atoms with Crippen molar-refractivity contribution in [2.45, 2.75) is 25.7 Å². The number of aliphatic hydroxyl groups excluding tert-OH is 2. The van der Waals surface area contributed by atoms with E-state index < -0.39 is 17.7 Å². The van der Waals surface area contributed by atoms with E-state index >= 15 is 0 Å². The van der Waals surface area contributed by atoms with Gasteiger partial charge in [-0.15, -0.1) is 0 Å². The van der Waals surface area contributed by atoms with Gasteiger partial charge in [0.2, 0.25) is 11.7 Å². The number of aromatic nitrogens is 6. The molecule has 1 fully saturated rings. The molecule has 0 aromatic carbocycles. The van der Waals surface area contributed by atoms with Crippen molar-refractivity contribution >= 4 is 22.9 Å². The van der Waals surface area contributed by atoms with E-state index in [9.17, 15) is 15.0 Å². The molecule has 3 unspecified atom stereocenters. The van der Waals surface area contributed by atoms with Crippen LogP contribution in [0.2, 0.25) is 0 Å². The number of carbonyl (C=O) groups excluding carboxylic acids is 1. The number of aryl methyl sites for hydroxylation is 1. The lowest BCUT2D eigenvalue weighted by Gasteiger charge is -2.27. The summed E-state index contributed by atoms with van der Waals surface area (Å²) in [7, 11) is 5.00. The average Bonchev–Trinajstić information content (AvgIpc) is 3.08. The summed E-state index contributed by atoms with van der Waals surface area (Å²) in [6.07, 6.45) is 2.49. The molecule has 4 N–H and O–H groups in total. The monoisotopic (exact) mass is 424 g/mol. The highest BCUT2D eigenvalue weighted by molar-refractivity contribution is 5.87. The molecule has 11 nitrogen and oxygen atoms in total. The molecule has 1 amide bonds. The SMILES string of the molecule is CNC(=O)C1([C@@H](O)C(O)n2cnc3c(NC)nc(C#Cc4cnn(C)c4)nc32)CC1C. The van der Waals surface area contributed by atoms with E-state index in [0.29, 0.717) is 29.0 Å². The number of aliphatic hydroxyl groups is 2. The van der Waals surface area contributed by atoms with Gasteiger partial charge >= 0.3 is 0 Å². The number of nitrogens with zero attached hydrogens (tertiary/aromatic N) is 6. The first-order valence-corrected chi connectivity index (χ1v) is 9.83. The van der Waals surface area contributed by atoms with Crippen LogP contribution < -0.4 is 10.6 Å². The van der Waals surface area contributed by atoms with E-state index in [2.05, 4.69) is 42.5 Å². The number of hydrogen-bond acceptors (Lipinski definition) is 8. The fourth-order valence-corrected chi connectivity index (χ4v) is 3.92. The summed E-state index contributed by atoms with van der Waals surface area (Å²) < 4.78 is 2.98. The van der Waals surface area contributed by atoms with Crippen LogP contribution in [0.25, 0.3) is 11.2 Å². The van der Waals surface area contributed by atoms with Crippen LogP contribution >= 0.6 is 0 Å². The normalized spacial score (nSPS) is 21.8. The van der Waals surface area contributed by atoms with E-state index in [-0.39, 0.29) is 17.6 Å². The maximum Gasteiger partial charge on any atom is 0.229 e. The third kappa shape index (κ3) is 3.39. The fourth-order valence-electron chi connectivity index (χ4n) is 3.92. The van der Waals surface area contributed by atoms with E-state index in [0.717, 1.165) is 0 Å². The van der Waals surface area contributed by atoms with E-state index in [1.807, 2.05) is 6.92 Å². The van der Waals surface area contributed by atoms with Crippen molar-refractivity contribution in [3.8, 4) is 11.8 Å². The number of hydrogen-bond donors (Lipinski definition) is 4. The summed E-state index contributed by atoms with van der Waals surface area (Å²) in [5.41, 5.74) is 0.365. The first-order chi connectivity index (χ1) is 14.8. The van der Waals surface area contributed by atoms with Gasteiger partial charge in [-0.1, -0.05) is 12.8 Å². The summed E-state index contributed by atoms with van der Waals surface area (Å²) in [5, 5.41) is 31.5. The summed E-state index contributed by atoms with van der Waals surface area (Å²) in [6.45, 7) is 1.87. The summed E-state index contributed by atoms with van der Waals surface area (Å²) in [5.74, 6) is 6.12. The molecule has 3 aromatic rings. The second kappa shape index (κ2) is 7.64. The Balaban J connectivity index is 1.73. The molecule has 3 heterocycles. The lowest BCUT2D eigenvalue weighted by Crippen LogP contribution is -2.43. The van der Waals surface area contributed by atoms with Crippen molar-refractivity contribution in [3.63, 3.8) is 0 Å². The number of carbonyl (C=O) groups is 1. The summed E-state index contributed by atoms with van der Waals surface area (Å²) in [4.78, 5) is 25.5. The standard InChI is InChI=1S/C20H24N8O3/c1-11-7-20(11,19(31)22-3)15(29)18(30)28-10-23-14-16(21-2)25-13(26-17(14)28)6-5-12-8-24-27(4)9-12/h8-11,15,18,29-30H,7H2,1-4H3,(H,22,31)(H,21,25,26)/t11?,15-,18?,20?/m0/s1. The molecule has 11 heteroatoms. The van der Waals surface area contributed by atoms with Crippen molar-refractivity contribution in [1.29, 1.82) is 0 Å². The van der Waals surface area contributed by atoms with Crippen LogP contribution in [-0.2, 0) is 11.8 Å². The first kappa shape index (κ1) is 20.8. The van der Waals surface area contributed by atoms with Crippen molar-refractivity contribution in [2.24, 2.45) is 18.4 Å². The lowest BCUT2D eigenvalue weighted by atomic mass is 9.93. The molecule has 162 valence electrons. The molecule has 31 heavy (non-hydrogen) atoms. The average molecular weight is 424 g/mol. The molecule has 0 saturated heterocycles. The Morgan fingerprint density at radius 1 is 1.32 bits per heavy atom. The Morgan fingerprint density at radius 2 is 2.06 bits per heavy atom. The zero-order chi connectivity index (χ0) is 22.3. The lowest BCUT2D eigenvalue weighted by molar-refractivity contribution is -0.139. The number of imidazole rings is 1. The van der Waals surface area contributed by atoms with Crippen LogP contribution in [0.15, 0.2) is 18.7 Å². The van der Waals surface area contributed by atoms with Gasteiger partial charge in [0.15, 0.2) is 23.2 Å². The Labute approximate surface area is 178 Å². The highest BCUT2D eigenvalue weighted by atomic mass is 16.3. The first-order valence-electron chi connectivity index (χ1n) is 9.83. The van der Waals surface area contributed by atoms with Crippen LogP contribution in [-0.4, -0.2) is 65.6 Å². The molecule has 0 radical (unpaired) electrons. The molecule has 3 aromatic heterocycles. The van der Waals surface area contributed by atoms with Crippen LogP contribution in [0.5, 0.6) is 0 Å². The fraction of sp³-hybridized carbons (Fsp3) is 0.450. The minimum absolute atomic E-state index is 0.0599. The minimum Gasteiger partial charge on any atom is -0.387 e. The van der Waals surface area contributed by atoms with Crippen LogP contribution in [0, 0.1) is 23.2 Å². The zero-order valence-corrected chi connectivity index (χ0v) is 17.7. The Kier molecular flexibility index (Phi) is 5.12. The van der Waals surface area contributed by atoms with E-state index in [1.165, 1.54) is 17.9 Å². The molecule has 0 spiro atoms. The van der Waals surface area contributed by atoms with Gasteiger partial charge in [0.25, 0.3) is 0 Å². The molecule has 4 atom stereocenters. The molecule has 4 rings (SSSR count). The maximum atomic E-state index is 12.4. The highest BCUT2D eigenvalue weighted by Gasteiger charge is 2.63. The highest BCUT2D eigenvalue weighted by Crippen LogP contribution is 2.57. The Morgan fingerprint density at radius 3 is 2.65 bits per heavy atom. The number of rotatable bonds is 5. The van der Waals surface area contributed by atoms with Gasteiger partial charge in [-0.2, -0.15) is 5.10 Å². The predicted molar refractivity (Wildman–Crippen MR) is 112 cm³/mol. The van der Waals surface area contributed by atoms with Gasteiger partial charge in [0.05, 0.1) is 23.5 Å². The van der Waals surface area contributed by atoms with Gasteiger partial charge in [0.1, 0.15) is 6.10 Å². The number of nitrogens with one attached hydrogen (secondary N) is 2. The molecule has 1 aliphatic rings. The van der Waals surface area contributed by atoms with Crippen molar-refractivity contribution in [2.75, 3.05) is 19.4 Å². The van der Waals surface area contributed by atoms with Gasteiger partial charge in [-0.05, 0) is 18.3 Å². The van der Waals surface area contributed by atoms with Crippen LogP contribution in [0.3, 0.4) is 0 Å². The van der Waals surface area contributed by atoms with Gasteiger partial charge in [-0.3, -0.25) is 14.0 Å². The third-order valence-corrected chi connectivity index (χ3v) is 5.79. The quantitative estimate of drug-likeness (QED) is 0.406. The summed E-state index contributed by atoms with van der Waals surface area (Å²) >= 11 is 0. The molecule has 0 bridgehead atoms. The molecular weight excluding hydrogens is 400 g/mol. The van der Waals surface area contributed by atoms with Gasteiger partial charge < -0.3 is 20.8 Å². The number of anilines is 1. The second-order valence-electron chi connectivity index (χ2n) is 7.71. The second-order valence-corrected chi connectivity index (χ2v) is 7.71. The molecule has 1 saturated carbocycles. The smallest absolute Gasteiger partial charge is 0.229 e. The Hall–Kier alpha value is -3.49. The van der Waals surface area contributed by atoms with Crippen molar-refractivity contribution in [1.82, 2.24) is 34.6 Å². The van der Waals surface area contributed by atoms with Gasteiger partial charge in [-0.25, -0.2) is 15.0 Å². The molecular formula is C20H24N8O3. The summed E-state index contributed by atoms with van der Waals surface area (Å²) in [6, 6.07) is 0. The predicted octanol–water partition coefficient (Wildman–Crippen LogP) is -0.375. The van der Waals surface area contributed by atoms with Gasteiger partial charge in [0, 0.05) is 27.3 Å². The van der Waals surface area contributed by atoms with Crippen molar-refractivity contribution < 1.29 is 15.0 Å². The van der Waals surface area contributed by atoms with Crippen LogP contribution in [0.1, 0.15) is 31.0 Å². The van der Waals surface area contributed by atoms with E-state index in [1.54, 1.807) is 31.2 Å². The largest absolute Gasteiger partial charge is 0.387 e. The molecule has 1 aliphatic carbocycles. The third-order valence-electron chi connectivity index (χ3n) is 5.79. The number of fused-ring (bicyclic) bond motifs is 1. The topological polar surface area (TPSA) is 143 Å². The number of amides is 1. The van der Waals surface area contributed by atoms with E-state index in [4.69, 9.17) is 0 Å². The maximum absolute atomic E-state index is 12.4. The molecule has 0 aliphatic heterocycles. The van der Waals surface area contributed by atoms with Crippen molar-refractivity contribution in [3.05, 3.63) is 30.1 Å². The van der Waals surface area contributed by atoms with Crippen LogP contribution in [0.4, 0.5) is 5.82 Å². The Bertz CT molecular complexity index is 1210. The zero-order valence-electron chi connectivity index (χ0n) is 17.7.